The fourth-order valence-electron chi connectivity index (χ4n) is 0.473. The average Bonchev–Trinajstić information content (AvgIpc) is 1.90. The maximum atomic E-state index is 8.89. The van der Waals surface area contributed by atoms with Crippen molar-refractivity contribution in [1.29, 1.82) is 0 Å². The highest BCUT2D eigenvalue weighted by Crippen LogP contribution is 2.03. The predicted molar refractivity (Wildman–Crippen MR) is 30.5 cm³/mol. The van der Waals surface area contributed by atoms with Gasteiger partial charge in [-0.25, -0.2) is 0 Å². The van der Waals surface area contributed by atoms with E-state index in [2.05, 4.69) is 15.4 Å². The summed E-state index contributed by atoms with van der Waals surface area (Å²) < 4.78 is 0. The second-order valence-electron chi connectivity index (χ2n) is 1.72. The Bertz CT molecular complexity index is 175. The van der Waals surface area contributed by atoms with Crippen molar-refractivity contribution >= 4 is 0 Å². The molecule has 0 aliphatic rings. The molecule has 0 bridgehead atoms. The number of rotatable bonds is 1. The van der Waals surface area contributed by atoms with Crippen LogP contribution >= 0.6 is 0 Å². The van der Waals surface area contributed by atoms with Gasteiger partial charge in [0.15, 0.2) is 0 Å². The van der Waals surface area contributed by atoms with Gasteiger partial charge >= 0.3 is 0 Å². The first kappa shape index (κ1) is 6.10. The summed E-state index contributed by atoms with van der Waals surface area (Å²) in [5, 5.41) is 19.3. The minimum atomic E-state index is -0.555. The van der Waals surface area contributed by atoms with Crippen LogP contribution in [0.1, 0.15) is 18.7 Å². The monoisotopic (exact) mass is 125 g/mol. The van der Waals surface area contributed by atoms with Crippen LogP contribution in [0.5, 0.6) is 0 Å². The van der Waals surface area contributed by atoms with Crippen molar-refractivity contribution < 1.29 is 5.11 Å². The Balaban J connectivity index is 2.85. The Kier molecular flexibility index (Phi) is 1.69. The predicted octanol–water partition coefficient (Wildman–Crippen LogP) is -0.0751. The van der Waals surface area contributed by atoms with Gasteiger partial charge in [0.1, 0.15) is 0 Å². The molecule has 0 saturated carbocycles. The zero-order valence-electron chi connectivity index (χ0n) is 5.02. The number of hydrogen-bond donors (Lipinski definition) is 1. The number of nitrogens with zero attached hydrogens (tertiary/aromatic N) is 3. The molecule has 0 aliphatic carbocycles. The van der Waals surface area contributed by atoms with E-state index in [-0.39, 0.29) is 0 Å². The molecular formula is C5H7N3O. The highest BCUT2D eigenvalue weighted by atomic mass is 16.3. The van der Waals surface area contributed by atoms with Gasteiger partial charge in [-0.2, -0.15) is 0 Å². The maximum Gasteiger partial charge on any atom is 0.0951 e. The van der Waals surface area contributed by atoms with Crippen molar-refractivity contribution in [3.8, 4) is 0 Å². The summed E-state index contributed by atoms with van der Waals surface area (Å²) in [7, 11) is 0. The topological polar surface area (TPSA) is 58.9 Å². The normalized spacial score (nSPS) is 13.1. The van der Waals surface area contributed by atoms with Crippen LogP contribution in [0, 0.1) is 0 Å². The van der Waals surface area contributed by atoms with E-state index in [1.165, 1.54) is 6.20 Å². The maximum absolute atomic E-state index is 8.89. The van der Waals surface area contributed by atoms with Crippen LogP contribution in [0.2, 0.25) is 0 Å². The van der Waals surface area contributed by atoms with E-state index in [9.17, 15) is 0 Å². The van der Waals surface area contributed by atoms with E-state index < -0.39 is 6.10 Å². The lowest BCUT2D eigenvalue weighted by atomic mass is 10.3. The molecule has 4 nitrogen and oxygen atoms in total. The average molecular weight is 125 g/mol. The lowest BCUT2D eigenvalue weighted by Gasteiger charge is -1.97. The largest absolute Gasteiger partial charge is 0.387 e. The minimum Gasteiger partial charge on any atom is -0.387 e. The van der Waals surface area contributed by atoms with Crippen molar-refractivity contribution in [2.24, 2.45) is 0 Å². The van der Waals surface area contributed by atoms with E-state index in [1.54, 1.807) is 13.0 Å². The third kappa shape index (κ3) is 1.43. The summed E-state index contributed by atoms with van der Waals surface area (Å²) in [6.45, 7) is 1.63. The molecule has 0 spiro atoms. The van der Waals surface area contributed by atoms with Crippen LogP contribution in [-0.2, 0) is 0 Å². The Labute approximate surface area is 52.6 Å². The lowest BCUT2D eigenvalue weighted by Crippen LogP contribution is -1.97. The quantitative estimate of drug-likeness (QED) is 0.570. The van der Waals surface area contributed by atoms with Gasteiger partial charge in [0.25, 0.3) is 0 Å². The molecule has 0 radical (unpaired) electrons. The summed E-state index contributed by atoms with van der Waals surface area (Å²) in [5.41, 5.74) is 0.546. The molecule has 1 rings (SSSR count). The van der Waals surface area contributed by atoms with Gasteiger partial charge in [0.05, 0.1) is 18.0 Å². The Morgan fingerprint density at radius 2 is 2.44 bits per heavy atom. The van der Waals surface area contributed by atoms with Gasteiger partial charge in [-0.05, 0) is 18.2 Å². The minimum absolute atomic E-state index is 0.546. The molecule has 1 heterocycles. The summed E-state index contributed by atoms with van der Waals surface area (Å²) >= 11 is 0. The van der Waals surface area contributed by atoms with Crippen molar-refractivity contribution in [3.63, 3.8) is 0 Å². The van der Waals surface area contributed by atoms with Crippen LogP contribution in [0.4, 0.5) is 0 Å². The van der Waals surface area contributed by atoms with E-state index >= 15 is 0 Å². The summed E-state index contributed by atoms with van der Waals surface area (Å²) in [6, 6.07) is 1.62. The highest BCUT2D eigenvalue weighted by Gasteiger charge is 1.99. The molecule has 0 saturated heterocycles. The van der Waals surface area contributed by atoms with Crippen molar-refractivity contribution in [1.82, 2.24) is 15.4 Å². The molecule has 1 unspecified atom stereocenters. The fourth-order valence-corrected chi connectivity index (χ4v) is 0.473. The van der Waals surface area contributed by atoms with Gasteiger partial charge in [-0.3, -0.25) is 0 Å². The summed E-state index contributed by atoms with van der Waals surface area (Å²) in [6.07, 6.45) is 0.940. The third-order valence-corrected chi connectivity index (χ3v) is 0.952. The van der Waals surface area contributed by atoms with Crippen molar-refractivity contribution in [3.05, 3.63) is 18.0 Å². The molecular weight excluding hydrogens is 118 g/mol. The molecule has 0 fully saturated rings. The lowest BCUT2D eigenvalue weighted by molar-refractivity contribution is 0.192. The zero-order valence-corrected chi connectivity index (χ0v) is 5.02. The Morgan fingerprint density at radius 1 is 1.67 bits per heavy atom. The van der Waals surface area contributed by atoms with Gasteiger partial charge in [0.2, 0.25) is 0 Å². The smallest absolute Gasteiger partial charge is 0.0951 e. The first-order valence-electron chi connectivity index (χ1n) is 2.63. The second kappa shape index (κ2) is 2.50. The van der Waals surface area contributed by atoms with Crippen LogP contribution in [-0.4, -0.2) is 20.5 Å². The zero-order chi connectivity index (χ0) is 6.69. The molecule has 1 atom stereocenters. The van der Waals surface area contributed by atoms with Gasteiger partial charge < -0.3 is 5.11 Å². The van der Waals surface area contributed by atoms with E-state index in [0.717, 1.165) is 0 Å². The number of aliphatic hydroxyl groups excluding tert-OH is 1. The molecule has 9 heavy (non-hydrogen) atoms. The van der Waals surface area contributed by atoms with E-state index in [1.807, 2.05) is 0 Å². The molecule has 0 aromatic carbocycles. The SMILES string of the molecule is CC(O)c1ccnnn1. The molecule has 1 aromatic rings. The number of aromatic nitrogens is 3. The van der Waals surface area contributed by atoms with Crippen LogP contribution < -0.4 is 0 Å². The first-order chi connectivity index (χ1) is 4.30. The van der Waals surface area contributed by atoms with Gasteiger partial charge in [-0.1, -0.05) is 0 Å². The van der Waals surface area contributed by atoms with Crippen LogP contribution in [0.3, 0.4) is 0 Å². The molecule has 1 N–H and O–H groups in total. The standard InChI is InChI=1S/C5H7N3O/c1-4(9)5-2-3-6-8-7-5/h2-4,9H,1H3. The summed E-state index contributed by atoms with van der Waals surface area (Å²) in [4.78, 5) is 0. The third-order valence-electron chi connectivity index (χ3n) is 0.952. The second-order valence-corrected chi connectivity index (χ2v) is 1.72. The van der Waals surface area contributed by atoms with E-state index in [4.69, 9.17) is 5.11 Å². The van der Waals surface area contributed by atoms with Crippen molar-refractivity contribution in [2.75, 3.05) is 0 Å². The van der Waals surface area contributed by atoms with E-state index in [0.29, 0.717) is 5.69 Å². The van der Waals surface area contributed by atoms with Gasteiger partial charge in [0, 0.05) is 0 Å². The van der Waals surface area contributed by atoms with Gasteiger partial charge in [-0.15, -0.1) is 10.2 Å². The van der Waals surface area contributed by atoms with Crippen LogP contribution in [0.15, 0.2) is 12.3 Å². The molecule has 0 aliphatic heterocycles. The number of aliphatic hydroxyl groups is 1. The number of hydrogen-bond acceptors (Lipinski definition) is 4. The Morgan fingerprint density at radius 3 is 2.78 bits per heavy atom. The van der Waals surface area contributed by atoms with Crippen molar-refractivity contribution in [2.45, 2.75) is 13.0 Å². The summed E-state index contributed by atoms with van der Waals surface area (Å²) in [5.74, 6) is 0. The molecule has 48 valence electrons. The molecule has 1 aromatic heterocycles. The van der Waals surface area contributed by atoms with Crippen LogP contribution in [0.25, 0.3) is 0 Å². The molecule has 0 amide bonds. The molecule has 4 heteroatoms. The Hall–Kier alpha value is -1.03. The highest BCUT2D eigenvalue weighted by molar-refractivity contribution is 4.97. The first-order valence-corrected chi connectivity index (χ1v) is 2.63. The fraction of sp³-hybridized carbons (Fsp3) is 0.400.